The molecule has 4 aliphatic rings. The van der Waals surface area contributed by atoms with Crippen LogP contribution in [0, 0.1) is 0 Å². The molecule has 0 saturated heterocycles. The molecule has 2 heteroatoms. The van der Waals surface area contributed by atoms with E-state index < -0.39 is 0 Å². The average Bonchev–Trinajstić information content (AvgIpc) is 3.15. The number of hydrogen-bond donors (Lipinski definition) is 0. The SMILES string of the molecule is c1ccc2cc(-c3ccccn3)c(-c3c4cccccc-4cc3-c3ccccn3)c-2cc1. The lowest BCUT2D eigenvalue weighted by molar-refractivity contribution is 1.33. The molecule has 2 nitrogen and oxygen atoms in total. The van der Waals surface area contributed by atoms with Gasteiger partial charge in [0.25, 0.3) is 0 Å². The lowest BCUT2D eigenvalue weighted by Crippen LogP contribution is -1.88. The highest BCUT2D eigenvalue weighted by molar-refractivity contribution is 6.08. The van der Waals surface area contributed by atoms with Gasteiger partial charge in [0.15, 0.2) is 0 Å². The average molecular weight is 409 g/mol. The molecule has 0 aliphatic heterocycles. The molecule has 6 rings (SSSR count). The number of pyridine rings is 2. The standard InChI is InChI=1S/C30H20N2/c1-3-11-21-19-25(27-15-7-9-17-31-27)29(23(21)13-5-1)30-24-14-6-2-4-12-22(24)20-26(30)28-16-8-10-18-32-28/h1-20H. The maximum atomic E-state index is 4.71. The van der Waals surface area contributed by atoms with Gasteiger partial charge in [-0.15, -0.1) is 0 Å². The van der Waals surface area contributed by atoms with Gasteiger partial charge in [-0.25, -0.2) is 0 Å². The Morgan fingerprint density at radius 1 is 0.375 bits per heavy atom. The third-order valence-corrected chi connectivity index (χ3v) is 5.95. The van der Waals surface area contributed by atoms with Crippen LogP contribution < -0.4 is 0 Å². The Hall–Kier alpha value is -4.30. The summed E-state index contributed by atoms with van der Waals surface area (Å²) in [5.74, 6) is 0. The van der Waals surface area contributed by atoms with Crippen molar-refractivity contribution >= 4 is 0 Å². The monoisotopic (exact) mass is 408 g/mol. The number of fused-ring (bicyclic) bond motifs is 2. The van der Waals surface area contributed by atoms with Crippen LogP contribution in [0.4, 0.5) is 0 Å². The van der Waals surface area contributed by atoms with Gasteiger partial charge < -0.3 is 0 Å². The second-order valence-corrected chi connectivity index (χ2v) is 7.86. The normalized spacial score (nSPS) is 11.1. The van der Waals surface area contributed by atoms with E-state index in [9.17, 15) is 0 Å². The van der Waals surface area contributed by atoms with E-state index in [2.05, 4.69) is 84.9 Å². The number of aromatic nitrogens is 2. The van der Waals surface area contributed by atoms with E-state index >= 15 is 0 Å². The molecule has 4 aliphatic carbocycles. The second kappa shape index (κ2) is 7.75. The first-order valence-electron chi connectivity index (χ1n) is 10.8. The van der Waals surface area contributed by atoms with Gasteiger partial charge in [0.1, 0.15) is 0 Å². The zero-order valence-corrected chi connectivity index (χ0v) is 17.4. The van der Waals surface area contributed by atoms with E-state index in [1.54, 1.807) is 0 Å². The summed E-state index contributed by atoms with van der Waals surface area (Å²) in [5, 5.41) is 0. The first-order chi connectivity index (χ1) is 15.9. The molecule has 0 aromatic carbocycles. The molecule has 0 saturated carbocycles. The summed E-state index contributed by atoms with van der Waals surface area (Å²) in [5.41, 5.74) is 11.5. The van der Waals surface area contributed by atoms with Crippen molar-refractivity contribution in [3.05, 3.63) is 122 Å². The third kappa shape index (κ3) is 3.05. The van der Waals surface area contributed by atoms with Gasteiger partial charge in [-0.1, -0.05) is 72.8 Å². The van der Waals surface area contributed by atoms with Gasteiger partial charge in [-0.3, -0.25) is 9.97 Å². The van der Waals surface area contributed by atoms with Crippen LogP contribution in [0.15, 0.2) is 122 Å². The molecule has 0 fully saturated rings. The van der Waals surface area contributed by atoms with E-state index in [0.717, 1.165) is 22.5 Å². The second-order valence-electron chi connectivity index (χ2n) is 7.86. The number of nitrogens with zero attached hydrogens (tertiary/aromatic N) is 2. The molecule has 2 heterocycles. The Kier molecular flexibility index (Phi) is 4.47. The fourth-order valence-electron chi connectivity index (χ4n) is 4.56. The van der Waals surface area contributed by atoms with Gasteiger partial charge in [0, 0.05) is 34.6 Å². The fraction of sp³-hybridized carbons (Fsp3) is 0. The van der Waals surface area contributed by atoms with E-state index in [1.807, 2.05) is 36.7 Å². The first-order valence-corrected chi connectivity index (χ1v) is 10.8. The highest BCUT2D eigenvalue weighted by Crippen LogP contribution is 2.51. The summed E-state index contributed by atoms with van der Waals surface area (Å²) in [7, 11) is 0. The van der Waals surface area contributed by atoms with Gasteiger partial charge in [-0.2, -0.15) is 0 Å². The van der Waals surface area contributed by atoms with Crippen LogP contribution in [0.2, 0.25) is 0 Å². The van der Waals surface area contributed by atoms with Crippen LogP contribution in [0.3, 0.4) is 0 Å². The summed E-state index contributed by atoms with van der Waals surface area (Å²) in [4.78, 5) is 9.42. The smallest absolute Gasteiger partial charge is 0.0708 e. The van der Waals surface area contributed by atoms with Crippen molar-refractivity contribution in [3.8, 4) is 55.9 Å². The fourth-order valence-corrected chi connectivity index (χ4v) is 4.56. The highest BCUT2D eigenvalue weighted by Gasteiger charge is 2.26. The Morgan fingerprint density at radius 2 is 0.812 bits per heavy atom. The molecule has 0 bridgehead atoms. The first kappa shape index (κ1) is 18.5. The van der Waals surface area contributed by atoms with Crippen molar-refractivity contribution in [3.63, 3.8) is 0 Å². The molecule has 0 atom stereocenters. The van der Waals surface area contributed by atoms with Crippen LogP contribution in [-0.4, -0.2) is 9.97 Å². The summed E-state index contributed by atoms with van der Waals surface area (Å²) in [6, 6.07) is 38.1. The summed E-state index contributed by atoms with van der Waals surface area (Å²) >= 11 is 0. The minimum Gasteiger partial charge on any atom is -0.256 e. The number of rotatable bonds is 3. The topological polar surface area (TPSA) is 25.8 Å². The molecule has 150 valence electrons. The Balaban J connectivity index is 1.76. The van der Waals surface area contributed by atoms with E-state index in [1.165, 1.54) is 33.4 Å². The molecule has 2 aromatic heterocycles. The van der Waals surface area contributed by atoms with Crippen LogP contribution in [0.25, 0.3) is 55.9 Å². The largest absolute Gasteiger partial charge is 0.256 e. The quantitative estimate of drug-likeness (QED) is 0.300. The van der Waals surface area contributed by atoms with Crippen molar-refractivity contribution in [1.29, 1.82) is 0 Å². The minimum atomic E-state index is 0.975. The third-order valence-electron chi connectivity index (χ3n) is 5.95. The van der Waals surface area contributed by atoms with Crippen molar-refractivity contribution in [2.45, 2.75) is 0 Å². The van der Waals surface area contributed by atoms with Crippen LogP contribution in [0.1, 0.15) is 0 Å². The molecule has 0 N–H and O–H groups in total. The summed E-state index contributed by atoms with van der Waals surface area (Å²) in [6.45, 7) is 0. The molecular formula is C30H20N2. The van der Waals surface area contributed by atoms with Gasteiger partial charge >= 0.3 is 0 Å². The number of hydrogen-bond acceptors (Lipinski definition) is 2. The van der Waals surface area contributed by atoms with E-state index in [4.69, 9.17) is 9.97 Å². The molecule has 0 unspecified atom stereocenters. The minimum absolute atomic E-state index is 0.975. The predicted octanol–water partition coefficient (Wildman–Crippen LogP) is 7.69. The lowest BCUT2D eigenvalue weighted by atomic mass is 9.93. The molecule has 32 heavy (non-hydrogen) atoms. The van der Waals surface area contributed by atoms with Gasteiger partial charge in [-0.05, 0) is 58.7 Å². The molecular weight excluding hydrogens is 388 g/mol. The van der Waals surface area contributed by atoms with Gasteiger partial charge in [0.05, 0.1) is 11.4 Å². The zero-order chi connectivity index (χ0) is 21.3. The van der Waals surface area contributed by atoms with Crippen molar-refractivity contribution < 1.29 is 0 Å². The van der Waals surface area contributed by atoms with E-state index in [0.29, 0.717) is 0 Å². The van der Waals surface area contributed by atoms with Crippen molar-refractivity contribution in [1.82, 2.24) is 9.97 Å². The Morgan fingerprint density at radius 3 is 1.25 bits per heavy atom. The zero-order valence-electron chi connectivity index (χ0n) is 17.4. The summed E-state index contributed by atoms with van der Waals surface area (Å²) < 4.78 is 0. The molecule has 0 radical (unpaired) electrons. The molecule has 0 amide bonds. The van der Waals surface area contributed by atoms with Gasteiger partial charge in [0.2, 0.25) is 0 Å². The maximum absolute atomic E-state index is 4.71. The molecule has 0 spiro atoms. The highest BCUT2D eigenvalue weighted by atomic mass is 14.7. The summed E-state index contributed by atoms with van der Waals surface area (Å²) in [6.07, 6.45) is 3.72. The van der Waals surface area contributed by atoms with E-state index in [-0.39, 0.29) is 0 Å². The van der Waals surface area contributed by atoms with Crippen molar-refractivity contribution in [2.75, 3.05) is 0 Å². The predicted molar refractivity (Wildman–Crippen MR) is 132 cm³/mol. The van der Waals surface area contributed by atoms with Crippen LogP contribution in [-0.2, 0) is 0 Å². The van der Waals surface area contributed by atoms with Crippen molar-refractivity contribution in [2.24, 2.45) is 0 Å². The Bertz CT molecular complexity index is 1340. The van der Waals surface area contributed by atoms with Crippen LogP contribution >= 0.6 is 0 Å². The Labute approximate surface area is 187 Å². The maximum Gasteiger partial charge on any atom is 0.0708 e. The van der Waals surface area contributed by atoms with Crippen LogP contribution in [0.5, 0.6) is 0 Å². The molecule has 2 aromatic rings. The lowest BCUT2D eigenvalue weighted by Gasteiger charge is -2.11.